The molecule has 4 rings (SSSR count). The van der Waals surface area contributed by atoms with Crippen LogP contribution in [-0.4, -0.2) is 14.8 Å². The van der Waals surface area contributed by atoms with Crippen molar-refractivity contribution in [3.05, 3.63) is 70.7 Å². The summed E-state index contributed by atoms with van der Waals surface area (Å²) in [4.78, 5) is 4.28. The van der Waals surface area contributed by atoms with Crippen molar-refractivity contribution in [2.45, 2.75) is 19.3 Å². The van der Waals surface area contributed by atoms with Crippen molar-refractivity contribution >= 4 is 17.2 Å². The van der Waals surface area contributed by atoms with Crippen LogP contribution in [0.1, 0.15) is 16.8 Å². The number of para-hydroxylation sites is 1. The molecule has 0 saturated heterocycles. The fourth-order valence-corrected chi connectivity index (χ4v) is 4.13. The van der Waals surface area contributed by atoms with Crippen LogP contribution in [0.25, 0.3) is 27.5 Å². The molecule has 0 saturated carbocycles. The number of anilines is 1. The summed E-state index contributed by atoms with van der Waals surface area (Å²) >= 11 is 1.05. The minimum atomic E-state index is -4.94. The summed E-state index contributed by atoms with van der Waals surface area (Å²) in [7, 11) is 0. The first-order valence-corrected chi connectivity index (χ1v) is 9.99. The Morgan fingerprint density at radius 1 is 0.906 bits per heavy atom. The van der Waals surface area contributed by atoms with Crippen molar-refractivity contribution in [2.75, 3.05) is 5.73 Å². The number of nitrogen functional groups attached to an aromatic ring is 1. The second-order valence-corrected chi connectivity index (χ2v) is 7.78. The maximum atomic E-state index is 13.2. The summed E-state index contributed by atoms with van der Waals surface area (Å²) in [6.07, 6.45) is -9.88. The molecular weight excluding hydrogens is 454 g/mol. The molecule has 32 heavy (non-hydrogen) atoms. The lowest BCUT2D eigenvalue weighted by Crippen LogP contribution is -2.11. The van der Waals surface area contributed by atoms with Crippen LogP contribution >= 0.6 is 11.3 Å². The van der Waals surface area contributed by atoms with Gasteiger partial charge >= 0.3 is 12.4 Å². The van der Waals surface area contributed by atoms with Gasteiger partial charge in [-0.3, -0.25) is 0 Å². The molecule has 2 heterocycles. The Morgan fingerprint density at radius 2 is 1.50 bits per heavy atom. The smallest absolute Gasteiger partial charge is 0.383 e. The third-order valence-corrected chi connectivity index (χ3v) is 5.56. The lowest BCUT2D eigenvalue weighted by molar-refractivity contribution is -0.143. The highest BCUT2D eigenvalue weighted by atomic mass is 32.1. The summed E-state index contributed by atoms with van der Waals surface area (Å²) in [6, 6.07) is 10.4. The number of alkyl halides is 6. The molecule has 0 amide bonds. The van der Waals surface area contributed by atoms with Gasteiger partial charge in [-0.2, -0.15) is 31.4 Å². The second kappa shape index (κ2) is 7.66. The Morgan fingerprint density at radius 3 is 2.06 bits per heavy atom. The Bertz CT molecular complexity index is 1240. The van der Waals surface area contributed by atoms with E-state index in [0.717, 1.165) is 11.3 Å². The number of aryl methyl sites for hydroxylation is 1. The third-order valence-electron chi connectivity index (χ3n) is 4.70. The zero-order valence-electron chi connectivity index (χ0n) is 16.3. The summed E-state index contributed by atoms with van der Waals surface area (Å²) in [6.45, 7) is 1.69. The van der Waals surface area contributed by atoms with Gasteiger partial charge in [-0.1, -0.05) is 18.2 Å². The monoisotopic (exact) mass is 468 g/mol. The van der Waals surface area contributed by atoms with Gasteiger partial charge in [0, 0.05) is 10.9 Å². The highest BCUT2D eigenvalue weighted by molar-refractivity contribution is 7.13. The molecule has 0 aliphatic rings. The maximum Gasteiger partial charge on any atom is 0.416 e. The third kappa shape index (κ3) is 4.07. The zero-order chi connectivity index (χ0) is 23.3. The molecule has 2 N–H and O–H groups in total. The molecule has 166 valence electrons. The molecule has 4 aromatic rings. The van der Waals surface area contributed by atoms with Crippen molar-refractivity contribution in [2.24, 2.45) is 0 Å². The zero-order valence-corrected chi connectivity index (χ0v) is 17.1. The van der Waals surface area contributed by atoms with Crippen LogP contribution in [0.15, 0.2) is 53.9 Å². The molecule has 2 aromatic carbocycles. The molecule has 0 unspecified atom stereocenters. The molecule has 2 aromatic heterocycles. The number of thiazole rings is 1. The maximum absolute atomic E-state index is 13.2. The highest BCUT2D eigenvalue weighted by Crippen LogP contribution is 2.40. The van der Waals surface area contributed by atoms with Crippen molar-refractivity contribution in [1.29, 1.82) is 0 Å². The van der Waals surface area contributed by atoms with E-state index in [4.69, 9.17) is 5.73 Å². The lowest BCUT2D eigenvalue weighted by Gasteiger charge is -2.13. The van der Waals surface area contributed by atoms with Gasteiger partial charge in [0.25, 0.3) is 0 Å². The normalized spacial score (nSPS) is 12.3. The van der Waals surface area contributed by atoms with Crippen LogP contribution in [0, 0.1) is 6.92 Å². The molecule has 0 aliphatic heterocycles. The van der Waals surface area contributed by atoms with Crippen LogP contribution in [0.3, 0.4) is 0 Å². The molecule has 11 heteroatoms. The van der Waals surface area contributed by atoms with Gasteiger partial charge in [0.2, 0.25) is 0 Å². The summed E-state index contributed by atoms with van der Waals surface area (Å²) in [5, 5.41) is 6.12. The minimum Gasteiger partial charge on any atom is -0.383 e. The minimum absolute atomic E-state index is 0.0205. The van der Waals surface area contributed by atoms with E-state index in [0.29, 0.717) is 34.1 Å². The van der Waals surface area contributed by atoms with E-state index < -0.39 is 23.5 Å². The number of hydrogen-bond donors (Lipinski definition) is 1. The number of nitrogens with zero attached hydrogens (tertiary/aromatic N) is 3. The van der Waals surface area contributed by atoms with E-state index in [-0.39, 0.29) is 23.1 Å². The number of benzene rings is 2. The molecule has 0 fully saturated rings. The number of hydrogen-bond acceptors (Lipinski definition) is 4. The van der Waals surface area contributed by atoms with Crippen molar-refractivity contribution < 1.29 is 26.3 Å². The fourth-order valence-electron chi connectivity index (χ4n) is 3.20. The number of rotatable bonds is 3. The second-order valence-electron chi connectivity index (χ2n) is 6.93. The molecular formula is C21H14F6N4S. The number of halogens is 6. The summed E-state index contributed by atoms with van der Waals surface area (Å²) < 4.78 is 80.6. The first-order valence-electron chi connectivity index (χ1n) is 9.11. The van der Waals surface area contributed by atoms with Gasteiger partial charge in [-0.25, -0.2) is 9.67 Å². The van der Waals surface area contributed by atoms with Gasteiger partial charge in [-0.15, -0.1) is 11.3 Å². The summed E-state index contributed by atoms with van der Waals surface area (Å²) in [5.41, 5.74) is 4.82. The average molecular weight is 468 g/mol. The predicted octanol–water partition coefficient (Wildman–Crippen LogP) is 6.59. The van der Waals surface area contributed by atoms with Crippen LogP contribution in [0.5, 0.6) is 0 Å². The quantitative estimate of drug-likeness (QED) is 0.345. The molecule has 0 aliphatic carbocycles. The SMILES string of the molecule is Cc1nn(-c2ccccc2)c(N)c1-c1nc(-c2cc(C(F)(F)F)cc(C(F)(F)F)c2)cs1. The van der Waals surface area contributed by atoms with Crippen molar-refractivity contribution in [3.8, 4) is 27.5 Å². The first kappa shape index (κ1) is 21.9. The van der Waals surface area contributed by atoms with Gasteiger partial charge < -0.3 is 5.73 Å². The summed E-state index contributed by atoms with van der Waals surface area (Å²) in [5.74, 6) is 0.259. The predicted molar refractivity (Wildman–Crippen MR) is 109 cm³/mol. The Labute approximate surface area is 181 Å². The van der Waals surface area contributed by atoms with E-state index in [1.54, 1.807) is 31.2 Å². The van der Waals surface area contributed by atoms with Gasteiger partial charge in [0.15, 0.2) is 0 Å². The van der Waals surface area contributed by atoms with Gasteiger partial charge in [0.05, 0.1) is 33.8 Å². The first-order chi connectivity index (χ1) is 14.9. The number of aromatic nitrogens is 3. The van der Waals surface area contributed by atoms with Crippen molar-refractivity contribution in [1.82, 2.24) is 14.8 Å². The van der Waals surface area contributed by atoms with Gasteiger partial charge in [-0.05, 0) is 37.3 Å². The van der Waals surface area contributed by atoms with E-state index in [1.807, 2.05) is 6.07 Å². The number of nitrogens with two attached hydrogens (primary N) is 1. The van der Waals surface area contributed by atoms with Crippen LogP contribution in [-0.2, 0) is 12.4 Å². The van der Waals surface area contributed by atoms with E-state index >= 15 is 0 Å². The van der Waals surface area contributed by atoms with Gasteiger partial charge in [0.1, 0.15) is 10.8 Å². The Balaban J connectivity index is 1.80. The standard InChI is InChI=1S/C21H14F6N4S/c1-11-17(18(28)31(30-11)15-5-3-2-4-6-15)19-29-16(10-32-19)12-7-13(20(22,23)24)9-14(8-12)21(25,26)27/h2-10H,28H2,1H3. The van der Waals surface area contributed by atoms with Crippen LogP contribution in [0.2, 0.25) is 0 Å². The molecule has 0 spiro atoms. The van der Waals surface area contributed by atoms with E-state index in [2.05, 4.69) is 10.1 Å². The lowest BCUT2D eigenvalue weighted by atomic mass is 10.0. The molecule has 0 radical (unpaired) electrons. The van der Waals surface area contributed by atoms with E-state index in [1.165, 1.54) is 10.1 Å². The average Bonchev–Trinajstić information content (AvgIpc) is 3.31. The van der Waals surface area contributed by atoms with E-state index in [9.17, 15) is 26.3 Å². The van der Waals surface area contributed by atoms with Crippen LogP contribution < -0.4 is 5.73 Å². The van der Waals surface area contributed by atoms with Crippen LogP contribution in [0.4, 0.5) is 32.2 Å². The Hall–Kier alpha value is -3.34. The molecule has 4 nitrogen and oxygen atoms in total. The molecule has 0 atom stereocenters. The van der Waals surface area contributed by atoms with Crippen molar-refractivity contribution in [3.63, 3.8) is 0 Å². The fraction of sp³-hybridized carbons (Fsp3) is 0.143. The highest BCUT2D eigenvalue weighted by Gasteiger charge is 2.37. The molecule has 0 bridgehead atoms. The largest absolute Gasteiger partial charge is 0.416 e. The topological polar surface area (TPSA) is 56.7 Å². The Kier molecular flexibility index (Phi) is 5.24.